The summed E-state index contributed by atoms with van der Waals surface area (Å²) in [5.74, 6) is -1.06. The molecule has 2 aromatic rings. The molecule has 0 aliphatic carbocycles. The van der Waals surface area contributed by atoms with E-state index in [9.17, 15) is 17.6 Å². The average molecular weight is 377 g/mol. The van der Waals surface area contributed by atoms with Gasteiger partial charge in [-0.2, -0.15) is 4.31 Å². The lowest BCUT2D eigenvalue weighted by Crippen LogP contribution is -2.42. The van der Waals surface area contributed by atoms with E-state index in [-0.39, 0.29) is 30.6 Å². The average Bonchev–Trinajstić information content (AvgIpc) is 3.02. The van der Waals surface area contributed by atoms with Crippen LogP contribution in [-0.4, -0.2) is 36.2 Å². The summed E-state index contributed by atoms with van der Waals surface area (Å²) in [6.07, 6.45) is 4.17. The zero-order chi connectivity index (χ0) is 18.6. The number of amides is 1. The van der Waals surface area contributed by atoms with Crippen molar-refractivity contribution in [2.45, 2.75) is 31.2 Å². The van der Waals surface area contributed by atoms with Gasteiger partial charge in [0.1, 0.15) is 5.82 Å². The van der Waals surface area contributed by atoms with Crippen LogP contribution < -0.4 is 5.32 Å². The lowest BCUT2D eigenvalue weighted by molar-refractivity contribution is -0.119. The Balaban J connectivity index is 1.83. The molecule has 0 saturated carbocycles. The van der Waals surface area contributed by atoms with Crippen LogP contribution in [0, 0.1) is 5.82 Å². The summed E-state index contributed by atoms with van der Waals surface area (Å²) >= 11 is 0. The predicted molar refractivity (Wildman–Crippen MR) is 94.8 cm³/mol. The lowest BCUT2D eigenvalue weighted by Gasteiger charge is -2.25. The van der Waals surface area contributed by atoms with Crippen LogP contribution in [0.3, 0.4) is 0 Å². The fourth-order valence-corrected chi connectivity index (χ4v) is 4.50. The third kappa shape index (κ3) is 4.64. The van der Waals surface area contributed by atoms with Gasteiger partial charge >= 0.3 is 0 Å². The number of nitrogens with zero attached hydrogens (tertiary/aromatic N) is 2. The Morgan fingerprint density at radius 1 is 1.23 bits per heavy atom. The number of pyridine rings is 1. The normalized spacial score (nSPS) is 17.5. The van der Waals surface area contributed by atoms with E-state index in [1.807, 2.05) is 0 Å². The summed E-state index contributed by atoms with van der Waals surface area (Å²) in [6, 6.07) is 9.11. The molecule has 1 aliphatic rings. The molecule has 3 rings (SSSR count). The van der Waals surface area contributed by atoms with E-state index >= 15 is 0 Å². The number of sulfonamides is 1. The maximum Gasteiger partial charge on any atom is 0.220 e. The fourth-order valence-electron chi connectivity index (χ4n) is 2.94. The Morgan fingerprint density at radius 2 is 2.04 bits per heavy atom. The number of benzene rings is 1. The number of rotatable bonds is 7. The van der Waals surface area contributed by atoms with Crippen molar-refractivity contribution in [3.8, 4) is 0 Å². The van der Waals surface area contributed by atoms with Crippen LogP contribution in [0.1, 0.15) is 24.0 Å². The molecular formula is C18H20FN3O3S. The highest BCUT2D eigenvalue weighted by molar-refractivity contribution is 7.88. The monoisotopic (exact) mass is 377 g/mol. The van der Waals surface area contributed by atoms with Gasteiger partial charge in [0.15, 0.2) is 0 Å². The van der Waals surface area contributed by atoms with Gasteiger partial charge in [-0.25, -0.2) is 12.8 Å². The van der Waals surface area contributed by atoms with E-state index in [0.29, 0.717) is 12.8 Å². The summed E-state index contributed by atoms with van der Waals surface area (Å²) in [5.41, 5.74) is 0.855. The second-order valence-electron chi connectivity index (χ2n) is 6.30. The summed E-state index contributed by atoms with van der Waals surface area (Å²) in [5, 5.41) is 2.78. The van der Waals surface area contributed by atoms with E-state index in [1.54, 1.807) is 30.6 Å². The van der Waals surface area contributed by atoms with Crippen molar-refractivity contribution in [2.24, 2.45) is 0 Å². The van der Waals surface area contributed by atoms with Crippen molar-refractivity contribution in [3.63, 3.8) is 0 Å². The van der Waals surface area contributed by atoms with E-state index in [4.69, 9.17) is 0 Å². The molecule has 1 unspecified atom stereocenters. The van der Waals surface area contributed by atoms with E-state index in [1.165, 1.54) is 22.5 Å². The molecule has 1 aromatic heterocycles. The Kier molecular flexibility index (Phi) is 5.63. The first kappa shape index (κ1) is 18.5. The summed E-state index contributed by atoms with van der Waals surface area (Å²) in [4.78, 5) is 15.5. The molecule has 1 aromatic carbocycles. The highest BCUT2D eigenvalue weighted by Gasteiger charge is 2.30. The van der Waals surface area contributed by atoms with E-state index in [0.717, 1.165) is 5.56 Å². The van der Waals surface area contributed by atoms with Gasteiger partial charge in [-0.1, -0.05) is 24.3 Å². The molecule has 26 heavy (non-hydrogen) atoms. The predicted octanol–water partition coefficient (Wildman–Crippen LogP) is 1.83. The Hall–Kier alpha value is -2.32. The molecule has 8 heteroatoms. The van der Waals surface area contributed by atoms with Crippen molar-refractivity contribution < 1.29 is 17.6 Å². The van der Waals surface area contributed by atoms with Gasteiger partial charge < -0.3 is 5.32 Å². The fraction of sp³-hybridized carbons (Fsp3) is 0.333. The van der Waals surface area contributed by atoms with E-state index < -0.39 is 21.6 Å². The van der Waals surface area contributed by atoms with Crippen molar-refractivity contribution >= 4 is 15.9 Å². The first-order chi connectivity index (χ1) is 12.4. The number of hydrogen-bond acceptors (Lipinski definition) is 4. The number of halogens is 1. The van der Waals surface area contributed by atoms with Crippen LogP contribution in [0.2, 0.25) is 0 Å². The molecule has 2 heterocycles. The lowest BCUT2D eigenvalue weighted by atomic mass is 10.2. The third-order valence-corrected chi connectivity index (χ3v) is 6.02. The second kappa shape index (κ2) is 7.92. The molecule has 0 spiro atoms. The number of hydrogen-bond donors (Lipinski definition) is 1. The highest BCUT2D eigenvalue weighted by atomic mass is 32.2. The van der Waals surface area contributed by atoms with Gasteiger partial charge in [0, 0.05) is 43.5 Å². The zero-order valence-electron chi connectivity index (χ0n) is 14.1. The maximum absolute atomic E-state index is 13.9. The van der Waals surface area contributed by atoms with Crippen LogP contribution in [0.4, 0.5) is 4.39 Å². The summed E-state index contributed by atoms with van der Waals surface area (Å²) < 4.78 is 41.1. The molecule has 1 aliphatic heterocycles. The first-order valence-corrected chi connectivity index (χ1v) is 9.94. The summed E-state index contributed by atoms with van der Waals surface area (Å²) in [6.45, 7) is 0.272. The van der Waals surface area contributed by atoms with Crippen LogP contribution in [0.15, 0.2) is 48.8 Å². The van der Waals surface area contributed by atoms with Crippen LogP contribution in [0.5, 0.6) is 0 Å². The molecule has 1 atom stereocenters. The first-order valence-electron chi connectivity index (χ1n) is 8.33. The SMILES string of the molecule is O=C1CCC(CN(Cc2cccnc2)S(=O)(=O)Cc2ccccc2F)N1. The topological polar surface area (TPSA) is 79.4 Å². The molecule has 6 nitrogen and oxygen atoms in total. The molecule has 1 saturated heterocycles. The Labute approximate surface area is 152 Å². The van der Waals surface area contributed by atoms with Crippen LogP contribution in [-0.2, 0) is 27.1 Å². The minimum atomic E-state index is -3.79. The molecule has 0 bridgehead atoms. The molecule has 1 fully saturated rings. The second-order valence-corrected chi connectivity index (χ2v) is 8.27. The summed E-state index contributed by atoms with van der Waals surface area (Å²) in [7, 11) is -3.79. The standard InChI is InChI=1S/C18H20FN3O3S/c19-17-6-2-1-5-15(17)13-26(24,25)22(11-14-4-3-9-20-10-14)12-16-7-8-18(23)21-16/h1-6,9-10,16H,7-8,11-13H2,(H,21,23). The number of carbonyl (C=O) groups excluding carboxylic acids is 1. The van der Waals surface area contributed by atoms with Gasteiger partial charge in [0.25, 0.3) is 0 Å². The minimum absolute atomic E-state index is 0.0807. The van der Waals surface area contributed by atoms with Gasteiger partial charge in [-0.05, 0) is 24.1 Å². The zero-order valence-corrected chi connectivity index (χ0v) is 15.0. The number of carbonyl (C=O) groups is 1. The molecule has 1 amide bonds. The van der Waals surface area contributed by atoms with Crippen molar-refractivity contribution in [1.82, 2.24) is 14.6 Å². The number of aromatic nitrogens is 1. The van der Waals surface area contributed by atoms with Gasteiger partial charge in [-0.3, -0.25) is 9.78 Å². The Bertz CT molecular complexity index is 874. The van der Waals surface area contributed by atoms with Crippen molar-refractivity contribution in [1.29, 1.82) is 0 Å². The van der Waals surface area contributed by atoms with Crippen LogP contribution >= 0.6 is 0 Å². The highest BCUT2D eigenvalue weighted by Crippen LogP contribution is 2.19. The molecular weight excluding hydrogens is 357 g/mol. The van der Waals surface area contributed by atoms with E-state index in [2.05, 4.69) is 10.3 Å². The largest absolute Gasteiger partial charge is 0.352 e. The van der Waals surface area contributed by atoms with Crippen molar-refractivity contribution in [2.75, 3.05) is 6.54 Å². The van der Waals surface area contributed by atoms with Gasteiger partial charge in [-0.15, -0.1) is 0 Å². The smallest absolute Gasteiger partial charge is 0.220 e. The number of nitrogens with one attached hydrogen (secondary N) is 1. The maximum atomic E-state index is 13.9. The van der Waals surface area contributed by atoms with Crippen molar-refractivity contribution in [3.05, 3.63) is 65.7 Å². The molecule has 138 valence electrons. The van der Waals surface area contributed by atoms with Gasteiger partial charge in [0.05, 0.1) is 5.75 Å². The molecule has 0 radical (unpaired) electrons. The van der Waals surface area contributed by atoms with Gasteiger partial charge in [0.2, 0.25) is 15.9 Å². The third-order valence-electron chi connectivity index (χ3n) is 4.28. The van der Waals surface area contributed by atoms with Crippen LogP contribution in [0.25, 0.3) is 0 Å². The minimum Gasteiger partial charge on any atom is -0.352 e. The molecule has 1 N–H and O–H groups in total. The Morgan fingerprint density at radius 3 is 2.69 bits per heavy atom. The quantitative estimate of drug-likeness (QED) is 0.798.